The van der Waals surface area contributed by atoms with E-state index in [9.17, 15) is 9.59 Å². The number of carbonyl (C=O) groups excluding carboxylic acids is 1. The largest absolute Gasteiger partial charge is 0.496 e. The molecule has 1 unspecified atom stereocenters. The second-order valence-corrected chi connectivity index (χ2v) is 12.8. The van der Waals surface area contributed by atoms with Crippen LogP contribution in [-0.4, -0.2) is 84.1 Å². The summed E-state index contributed by atoms with van der Waals surface area (Å²) >= 11 is 0. The molecule has 258 valence electrons. The van der Waals surface area contributed by atoms with E-state index in [2.05, 4.69) is 46.0 Å². The summed E-state index contributed by atoms with van der Waals surface area (Å²) in [6, 6.07) is 16.6. The molecule has 0 bridgehead atoms. The topological polar surface area (TPSA) is 104 Å². The van der Waals surface area contributed by atoms with Crippen LogP contribution >= 0.6 is 0 Å². The van der Waals surface area contributed by atoms with Crippen LogP contribution < -0.4 is 15.0 Å². The fourth-order valence-electron chi connectivity index (χ4n) is 6.87. The highest BCUT2D eigenvalue weighted by Crippen LogP contribution is 2.38. The Hall–Kier alpha value is -4.72. The van der Waals surface area contributed by atoms with E-state index >= 15 is 0 Å². The zero-order chi connectivity index (χ0) is 34.9. The average molecular weight is 665 g/mol. The smallest absolute Gasteiger partial charge is 0.259 e. The number of hydrogen-bond donors (Lipinski definition) is 0. The SMILES string of the molecule is CCCC(c1ccc(CCCN2CCN(Cc3c(OC)cc(-c4cn(C)c(=O)c5cnccc45)cc3OC)CC2)cc1)N(C)C(=O)CC#N. The van der Waals surface area contributed by atoms with Crippen molar-refractivity contribution in [3.8, 4) is 28.7 Å². The van der Waals surface area contributed by atoms with E-state index in [0.29, 0.717) is 5.39 Å². The molecule has 2 aromatic carbocycles. The molecule has 10 nitrogen and oxygen atoms in total. The van der Waals surface area contributed by atoms with Gasteiger partial charge in [0.25, 0.3) is 5.56 Å². The quantitative estimate of drug-likeness (QED) is 0.172. The molecule has 1 fully saturated rings. The number of benzene rings is 2. The zero-order valence-corrected chi connectivity index (χ0v) is 29.4. The van der Waals surface area contributed by atoms with Crippen molar-refractivity contribution in [2.45, 2.75) is 51.6 Å². The number of aromatic nitrogens is 2. The van der Waals surface area contributed by atoms with Crippen molar-refractivity contribution in [2.75, 3.05) is 54.0 Å². The number of aryl methyl sites for hydroxylation is 2. The Morgan fingerprint density at radius 2 is 1.69 bits per heavy atom. The molecule has 1 aliphatic heterocycles. The molecular formula is C39H48N6O4. The number of pyridine rings is 2. The van der Waals surface area contributed by atoms with Crippen LogP contribution in [0.25, 0.3) is 21.9 Å². The van der Waals surface area contributed by atoms with Crippen molar-refractivity contribution in [1.82, 2.24) is 24.3 Å². The minimum Gasteiger partial charge on any atom is -0.496 e. The molecule has 4 aromatic rings. The highest BCUT2D eigenvalue weighted by molar-refractivity contribution is 5.95. The summed E-state index contributed by atoms with van der Waals surface area (Å²) < 4.78 is 13.4. The van der Waals surface area contributed by atoms with Crippen LogP contribution in [-0.2, 0) is 24.8 Å². The van der Waals surface area contributed by atoms with Crippen molar-refractivity contribution in [1.29, 1.82) is 5.26 Å². The Kier molecular flexibility index (Phi) is 12.1. The maximum absolute atomic E-state index is 12.7. The van der Waals surface area contributed by atoms with Crippen molar-refractivity contribution in [3.05, 3.63) is 88.1 Å². The lowest BCUT2D eigenvalue weighted by Crippen LogP contribution is -2.46. The maximum Gasteiger partial charge on any atom is 0.259 e. The van der Waals surface area contributed by atoms with E-state index in [4.69, 9.17) is 14.7 Å². The lowest BCUT2D eigenvalue weighted by Gasteiger charge is -2.35. The number of nitrogens with zero attached hydrogens (tertiary/aromatic N) is 6. The Morgan fingerprint density at radius 1 is 1.02 bits per heavy atom. The first-order valence-electron chi connectivity index (χ1n) is 17.1. The number of nitriles is 1. The summed E-state index contributed by atoms with van der Waals surface area (Å²) in [7, 11) is 6.94. The summed E-state index contributed by atoms with van der Waals surface area (Å²) in [5, 5.41) is 10.4. The number of methoxy groups -OCH3 is 2. The Balaban J connectivity index is 1.17. The molecule has 1 saturated heterocycles. The minimum atomic E-state index is -0.133. The van der Waals surface area contributed by atoms with Gasteiger partial charge in [-0.3, -0.25) is 19.5 Å². The number of ether oxygens (including phenoxy) is 2. The molecule has 0 N–H and O–H groups in total. The van der Waals surface area contributed by atoms with Gasteiger partial charge in [-0.2, -0.15) is 5.26 Å². The van der Waals surface area contributed by atoms with Crippen LogP contribution in [0.3, 0.4) is 0 Å². The third kappa shape index (κ3) is 8.30. The van der Waals surface area contributed by atoms with Crippen LogP contribution in [0, 0.1) is 11.3 Å². The number of amides is 1. The predicted octanol–water partition coefficient (Wildman–Crippen LogP) is 5.58. The number of fused-ring (bicyclic) bond motifs is 1. The zero-order valence-electron chi connectivity index (χ0n) is 29.4. The third-order valence-corrected chi connectivity index (χ3v) is 9.71. The molecule has 1 aliphatic rings. The highest BCUT2D eigenvalue weighted by Gasteiger charge is 2.23. The monoisotopic (exact) mass is 664 g/mol. The number of rotatable bonds is 14. The molecule has 10 heteroatoms. The fourth-order valence-corrected chi connectivity index (χ4v) is 6.87. The Labute approximate surface area is 289 Å². The lowest BCUT2D eigenvalue weighted by atomic mass is 9.98. The average Bonchev–Trinajstić information content (AvgIpc) is 3.13. The van der Waals surface area contributed by atoms with Crippen molar-refractivity contribution < 1.29 is 14.3 Å². The molecule has 1 atom stereocenters. The fraction of sp³-hybridized carbons (Fsp3) is 0.436. The maximum atomic E-state index is 12.7. The van der Waals surface area contributed by atoms with E-state index in [1.807, 2.05) is 30.5 Å². The normalized spacial score (nSPS) is 14.4. The van der Waals surface area contributed by atoms with Gasteiger partial charge in [-0.1, -0.05) is 37.6 Å². The molecule has 49 heavy (non-hydrogen) atoms. The van der Waals surface area contributed by atoms with Gasteiger partial charge in [0.05, 0.1) is 37.3 Å². The van der Waals surface area contributed by atoms with E-state index in [0.717, 1.165) is 104 Å². The Morgan fingerprint density at radius 3 is 2.33 bits per heavy atom. The van der Waals surface area contributed by atoms with Gasteiger partial charge in [0.2, 0.25) is 5.91 Å². The van der Waals surface area contributed by atoms with Gasteiger partial charge in [0.15, 0.2) is 0 Å². The van der Waals surface area contributed by atoms with Crippen molar-refractivity contribution in [2.24, 2.45) is 7.05 Å². The first kappa shape index (κ1) is 35.6. The second-order valence-electron chi connectivity index (χ2n) is 12.8. The predicted molar refractivity (Wildman–Crippen MR) is 193 cm³/mol. The molecule has 3 heterocycles. The van der Waals surface area contributed by atoms with Gasteiger partial charge in [0.1, 0.15) is 17.9 Å². The van der Waals surface area contributed by atoms with Crippen LogP contribution in [0.15, 0.2) is 65.8 Å². The van der Waals surface area contributed by atoms with Gasteiger partial charge >= 0.3 is 0 Å². The van der Waals surface area contributed by atoms with Gasteiger partial charge in [0, 0.05) is 71.0 Å². The third-order valence-electron chi connectivity index (χ3n) is 9.71. The second kappa shape index (κ2) is 16.6. The summed E-state index contributed by atoms with van der Waals surface area (Å²) in [5.74, 6) is 1.40. The van der Waals surface area contributed by atoms with Crippen molar-refractivity contribution >= 4 is 16.7 Å². The molecule has 5 rings (SSSR count). The van der Waals surface area contributed by atoms with Gasteiger partial charge in [-0.25, -0.2) is 0 Å². The first-order chi connectivity index (χ1) is 23.8. The van der Waals surface area contributed by atoms with Crippen LogP contribution in [0.2, 0.25) is 0 Å². The molecular weight excluding hydrogens is 616 g/mol. The molecule has 0 spiro atoms. The van der Waals surface area contributed by atoms with E-state index in [1.54, 1.807) is 50.2 Å². The summed E-state index contributed by atoms with van der Waals surface area (Å²) in [6.07, 6.45) is 9.02. The Bertz CT molecular complexity index is 1810. The van der Waals surface area contributed by atoms with E-state index in [1.165, 1.54) is 5.56 Å². The van der Waals surface area contributed by atoms with E-state index < -0.39 is 0 Å². The van der Waals surface area contributed by atoms with Gasteiger partial charge < -0.3 is 23.8 Å². The van der Waals surface area contributed by atoms with Crippen LogP contribution in [0.4, 0.5) is 0 Å². The molecule has 0 radical (unpaired) electrons. The first-order valence-corrected chi connectivity index (χ1v) is 17.1. The molecule has 1 amide bonds. The molecule has 2 aromatic heterocycles. The number of hydrogen-bond acceptors (Lipinski definition) is 8. The number of carbonyl (C=O) groups is 1. The summed E-state index contributed by atoms with van der Waals surface area (Å²) in [5.41, 5.74) is 5.20. The summed E-state index contributed by atoms with van der Waals surface area (Å²) in [4.78, 5) is 36.0. The standard InChI is InChI=1S/C39H48N6O4/c1-6-8-35(43(3)38(46)14-16-40)29-12-10-28(11-13-29)9-7-18-44-19-21-45(22-20-44)27-34-36(48-4)23-30(24-37(34)49-5)33-26-42(2)39(47)32-25-41-17-15-31(32)33/h10-13,15,17,23-26,35H,6-9,14,18-22,27H2,1-5H3. The van der Waals surface area contributed by atoms with Gasteiger partial charge in [-0.15, -0.1) is 0 Å². The van der Waals surface area contributed by atoms with Crippen LogP contribution in [0.1, 0.15) is 55.3 Å². The minimum absolute atomic E-state index is 0.00687. The molecule has 0 aliphatic carbocycles. The molecule has 0 saturated carbocycles. The van der Waals surface area contributed by atoms with E-state index in [-0.39, 0.29) is 23.9 Å². The van der Waals surface area contributed by atoms with Gasteiger partial charge in [-0.05, 0) is 66.1 Å². The number of piperazine rings is 1. The summed E-state index contributed by atoms with van der Waals surface area (Å²) in [6.45, 7) is 7.80. The highest BCUT2D eigenvalue weighted by atomic mass is 16.5. The lowest BCUT2D eigenvalue weighted by molar-refractivity contribution is -0.131. The van der Waals surface area contributed by atoms with Crippen molar-refractivity contribution in [3.63, 3.8) is 0 Å². The van der Waals surface area contributed by atoms with Crippen LogP contribution in [0.5, 0.6) is 11.5 Å².